The van der Waals surface area contributed by atoms with E-state index >= 15 is 0 Å². The molecule has 88 valence electrons. The highest BCUT2D eigenvalue weighted by Gasteiger charge is 2.43. The number of rotatable bonds is 3. The van der Waals surface area contributed by atoms with Gasteiger partial charge in [-0.15, -0.1) is 0 Å². The van der Waals surface area contributed by atoms with Crippen LogP contribution in [-0.2, 0) is 0 Å². The van der Waals surface area contributed by atoms with E-state index in [4.69, 9.17) is 0 Å². The van der Waals surface area contributed by atoms with Gasteiger partial charge >= 0.3 is 0 Å². The molecule has 3 nitrogen and oxygen atoms in total. The highest BCUT2D eigenvalue weighted by Crippen LogP contribution is 2.39. The molecule has 1 aromatic heterocycles. The standard InChI is InChI=1S/C11H14F2N2O/c12-11(13)5-1-3-8(11)7-15-10(16)9-4-2-6-14-9/h2,4,6,8,14H,1,3,5,7H2,(H,15,16). The molecule has 0 saturated heterocycles. The van der Waals surface area contributed by atoms with Crippen LogP contribution in [-0.4, -0.2) is 23.4 Å². The van der Waals surface area contributed by atoms with E-state index in [1.807, 2.05) is 0 Å². The zero-order valence-electron chi connectivity index (χ0n) is 8.80. The Morgan fingerprint density at radius 1 is 1.62 bits per heavy atom. The summed E-state index contributed by atoms with van der Waals surface area (Å²) in [5, 5.41) is 2.53. The number of hydrogen-bond donors (Lipinski definition) is 2. The van der Waals surface area contributed by atoms with Gasteiger partial charge in [0.05, 0.1) is 0 Å². The van der Waals surface area contributed by atoms with Crippen molar-refractivity contribution in [1.29, 1.82) is 0 Å². The fourth-order valence-corrected chi connectivity index (χ4v) is 2.03. The van der Waals surface area contributed by atoms with Crippen molar-refractivity contribution in [3.8, 4) is 0 Å². The minimum absolute atomic E-state index is 0.0465. The quantitative estimate of drug-likeness (QED) is 0.818. The van der Waals surface area contributed by atoms with Gasteiger partial charge in [0.25, 0.3) is 11.8 Å². The molecule has 1 fully saturated rings. The molecule has 1 aliphatic rings. The Kier molecular flexibility index (Phi) is 2.94. The second-order valence-electron chi connectivity index (χ2n) is 4.14. The second-order valence-corrected chi connectivity index (χ2v) is 4.14. The number of nitrogens with one attached hydrogen (secondary N) is 2. The van der Waals surface area contributed by atoms with Gasteiger partial charge in [0.2, 0.25) is 0 Å². The zero-order chi connectivity index (χ0) is 11.6. The lowest BCUT2D eigenvalue weighted by atomic mass is 10.1. The Morgan fingerprint density at radius 3 is 3.00 bits per heavy atom. The maximum atomic E-state index is 13.2. The molecule has 1 heterocycles. The van der Waals surface area contributed by atoms with Crippen LogP contribution < -0.4 is 5.32 Å². The Bertz CT molecular complexity index is 362. The van der Waals surface area contributed by atoms with Crippen LogP contribution in [0.4, 0.5) is 8.78 Å². The zero-order valence-corrected chi connectivity index (χ0v) is 8.80. The minimum Gasteiger partial charge on any atom is -0.357 e. The van der Waals surface area contributed by atoms with Crippen molar-refractivity contribution in [3.05, 3.63) is 24.0 Å². The number of carbonyl (C=O) groups excluding carboxylic acids is 1. The van der Waals surface area contributed by atoms with Crippen LogP contribution in [0.1, 0.15) is 29.8 Å². The maximum absolute atomic E-state index is 13.2. The Balaban J connectivity index is 1.86. The van der Waals surface area contributed by atoms with E-state index in [2.05, 4.69) is 10.3 Å². The van der Waals surface area contributed by atoms with Gasteiger partial charge in [-0.3, -0.25) is 4.79 Å². The van der Waals surface area contributed by atoms with E-state index in [1.165, 1.54) is 0 Å². The number of carbonyl (C=O) groups is 1. The topological polar surface area (TPSA) is 44.9 Å². The molecule has 5 heteroatoms. The van der Waals surface area contributed by atoms with Gasteiger partial charge in [-0.2, -0.15) is 0 Å². The fourth-order valence-electron chi connectivity index (χ4n) is 2.03. The van der Waals surface area contributed by atoms with Crippen molar-refractivity contribution in [2.45, 2.75) is 25.2 Å². The summed E-state index contributed by atoms with van der Waals surface area (Å²) in [7, 11) is 0. The molecule has 1 aliphatic carbocycles. The third-order valence-corrected chi connectivity index (χ3v) is 3.01. The van der Waals surface area contributed by atoms with Gasteiger partial charge < -0.3 is 10.3 Å². The first-order chi connectivity index (χ1) is 7.59. The number of H-pyrrole nitrogens is 1. The van der Waals surface area contributed by atoms with Crippen molar-refractivity contribution >= 4 is 5.91 Å². The van der Waals surface area contributed by atoms with Crippen LogP contribution in [0.5, 0.6) is 0 Å². The summed E-state index contributed by atoms with van der Waals surface area (Å²) in [4.78, 5) is 14.2. The minimum atomic E-state index is -2.62. The Labute approximate surface area is 92.2 Å². The molecule has 1 saturated carbocycles. The van der Waals surface area contributed by atoms with Crippen LogP contribution in [0.15, 0.2) is 18.3 Å². The van der Waals surface area contributed by atoms with E-state index in [9.17, 15) is 13.6 Å². The van der Waals surface area contributed by atoms with Gasteiger partial charge in [-0.05, 0) is 25.0 Å². The molecule has 1 unspecified atom stereocenters. The molecule has 0 spiro atoms. The number of hydrogen-bond acceptors (Lipinski definition) is 1. The van der Waals surface area contributed by atoms with Crippen molar-refractivity contribution in [2.24, 2.45) is 5.92 Å². The number of halogens is 2. The van der Waals surface area contributed by atoms with Gasteiger partial charge in [-0.1, -0.05) is 0 Å². The Hall–Kier alpha value is -1.39. The average Bonchev–Trinajstić information content (AvgIpc) is 2.83. The van der Waals surface area contributed by atoms with Crippen LogP contribution in [0.2, 0.25) is 0 Å². The van der Waals surface area contributed by atoms with Gasteiger partial charge in [0, 0.05) is 25.1 Å². The summed E-state index contributed by atoms with van der Waals surface area (Å²) in [5.41, 5.74) is 0.404. The first-order valence-corrected chi connectivity index (χ1v) is 5.39. The van der Waals surface area contributed by atoms with Crippen LogP contribution >= 0.6 is 0 Å². The largest absolute Gasteiger partial charge is 0.357 e. The van der Waals surface area contributed by atoms with E-state index in [0.29, 0.717) is 18.5 Å². The van der Waals surface area contributed by atoms with Gasteiger partial charge in [-0.25, -0.2) is 8.78 Å². The summed E-state index contributed by atoms with van der Waals surface area (Å²) in [5.74, 6) is -3.66. The lowest BCUT2D eigenvalue weighted by Gasteiger charge is -2.18. The highest BCUT2D eigenvalue weighted by molar-refractivity contribution is 5.92. The average molecular weight is 228 g/mol. The lowest BCUT2D eigenvalue weighted by molar-refractivity contribution is -0.0352. The normalized spacial score (nSPS) is 23.2. The predicted octanol–water partition coefficient (Wildman–Crippen LogP) is 2.18. The Morgan fingerprint density at radius 2 is 2.44 bits per heavy atom. The number of alkyl halides is 2. The van der Waals surface area contributed by atoms with Crippen molar-refractivity contribution in [1.82, 2.24) is 10.3 Å². The summed E-state index contributed by atoms with van der Waals surface area (Å²) >= 11 is 0. The number of aromatic amines is 1. The molecule has 0 radical (unpaired) electrons. The molecule has 2 N–H and O–H groups in total. The smallest absolute Gasteiger partial charge is 0.267 e. The summed E-state index contributed by atoms with van der Waals surface area (Å²) < 4.78 is 26.5. The van der Waals surface area contributed by atoms with Crippen LogP contribution in [0.3, 0.4) is 0 Å². The monoisotopic (exact) mass is 228 g/mol. The third-order valence-electron chi connectivity index (χ3n) is 3.01. The maximum Gasteiger partial charge on any atom is 0.267 e. The molecule has 16 heavy (non-hydrogen) atoms. The molecule has 2 rings (SSSR count). The van der Waals surface area contributed by atoms with Crippen molar-refractivity contribution in [3.63, 3.8) is 0 Å². The van der Waals surface area contributed by atoms with E-state index in [-0.39, 0.29) is 18.9 Å². The number of amides is 1. The van der Waals surface area contributed by atoms with Gasteiger partial charge in [0.1, 0.15) is 5.69 Å². The van der Waals surface area contributed by atoms with Crippen LogP contribution in [0.25, 0.3) is 0 Å². The van der Waals surface area contributed by atoms with Crippen molar-refractivity contribution < 1.29 is 13.6 Å². The van der Waals surface area contributed by atoms with E-state index in [1.54, 1.807) is 18.3 Å². The van der Waals surface area contributed by atoms with E-state index in [0.717, 1.165) is 0 Å². The summed E-state index contributed by atoms with van der Waals surface area (Å²) in [6, 6.07) is 3.31. The molecule has 0 bridgehead atoms. The first-order valence-electron chi connectivity index (χ1n) is 5.39. The molecule has 1 atom stereocenters. The first kappa shape index (κ1) is 11.1. The SMILES string of the molecule is O=C(NCC1CCCC1(F)F)c1ccc[nH]1. The molecule has 0 aromatic carbocycles. The summed E-state index contributed by atoms with van der Waals surface area (Å²) in [6.07, 6.45) is 2.59. The van der Waals surface area contributed by atoms with Gasteiger partial charge in [0.15, 0.2) is 0 Å². The number of aromatic nitrogens is 1. The summed E-state index contributed by atoms with van der Waals surface area (Å²) in [6.45, 7) is 0.0465. The second kappa shape index (κ2) is 4.23. The molecular formula is C11H14F2N2O. The van der Waals surface area contributed by atoms with Crippen LogP contribution in [0, 0.1) is 5.92 Å². The molecule has 0 aliphatic heterocycles. The van der Waals surface area contributed by atoms with Crippen molar-refractivity contribution in [2.75, 3.05) is 6.54 Å². The lowest BCUT2D eigenvalue weighted by Crippen LogP contribution is -2.35. The highest BCUT2D eigenvalue weighted by atomic mass is 19.3. The molecular weight excluding hydrogens is 214 g/mol. The predicted molar refractivity (Wildman–Crippen MR) is 55.4 cm³/mol. The fraction of sp³-hybridized carbons (Fsp3) is 0.545. The third kappa shape index (κ3) is 2.23. The molecule has 1 aromatic rings. The van der Waals surface area contributed by atoms with E-state index < -0.39 is 11.8 Å². The molecule has 1 amide bonds.